The number of thiazole rings is 1. The Kier molecular flexibility index (Phi) is 6.17. The smallest absolute Gasteiger partial charge is 0.259 e. The van der Waals surface area contributed by atoms with E-state index in [1.165, 1.54) is 35.6 Å². The molecule has 1 amide bonds. The summed E-state index contributed by atoms with van der Waals surface area (Å²) in [5.41, 5.74) is 2.12. The zero-order valence-electron chi connectivity index (χ0n) is 15.9. The van der Waals surface area contributed by atoms with E-state index in [-0.39, 0.29) is 16.9 Å². The van der Waals surface area contributed by atoms with Crippen LogP contribution in [0, 0.1) is 5.82 Å². The van der Waals surface area contributed by atoms with E-state index in [9.17, 15) is 17.9 Å². The van der Waals surface area contributed by atoms with E-state index in [0.717, 1.165) is 27.7 Å². The lowest BCUT2D eigenvalue weighted by molar-refractivity contribution is 0.102. The maximum Gasteiger partial charge on any atom is 0.259 e. The second-order valence-electron chi connectivity index (χ2n) is 6.36. The van der Waals surface area contributed by atoms with Crippen molar-refractivity contribution in [3.05, 3.63) is 95.6 Å². The maximum atomic E-state index is 13.3. The van der Waals surface area contributed by atoms with Gasteiger partial charge in [-0.1, -0.05) is 42.5 Å². The lowest BCUT2D eigenvalue weighted by atomic mass is 10.1. The van der Waals surface area contributed by atoms with Crippen LogP contribution in [-0.2, 0) is 11.3 Å². The van der Waals surface area contributed by atoms with Crippen LogP contribution in [0.25, 0.3) is 11.3 Å². The number of halogens is 1. The number of para-hydroxylation sites is 1. The van der Waals surface area contributed by atoms with Crippen LogP contribution in [-0.4, -0.2) is 19.7 Å². The molecule has 4 rings (SSSR count). The number of anilines is 3. The topological polar surface area (TPSA) is 85.4 Å². The molecule has 3 aromatic carbocycles. The Morgan fingerprint density at radius 3 is 2.39 bits per heavy atom. The quantitative estimate of drug-likeness (QED) is 0.411. The van der Waals surface area contributed by atoms with Crippen molar-refractivity contribution >= 4 is 45.0 Å². The second-order valence-corrected chi connectivity index (χ2v) is 8.02. The maximum absolute atomic E-state index is 13.3. The molecule has 1 atom stereocenters. The zero-order chi connectivity index (χ0) is 21.8. The molecule has 0 radical (unpaired) electrons. The fourth-order valence-electron chi connectivity index (χ4n) is 2.96. The highest BCUT2D eigenvalue weighted by molar-refractivity contribution is 7.81. The van der Waals surface area contributed by atoms with Crippen molar-refractivity contribution < 1.29 is 17.9 Å². The Balaban J connectivity index is 1.63. The average molecular weight is 453 g/mol. The van der Waals surface area contributed by atoms with Crippen LogP contribution in [0.1, 0.15) is 10.4 Å². The summed E-state index contributed by atoms with van der Waals surface area (Å²) in [6.45, 7) is 0. The summed E-state index contributed by atoms with van der Waals surface area (Å²) in [5, 5.41) is 4.94. The minimum Gasteiger partial charge on any atom is -0.755 e. The number of benzene rings is 3. The van der Waals surface area contributed by atoms with Crippen LogP contribution in [0.15, 0.2) is 84.2 Å². The number of nitrogens with one attached hydrogen (secondary N) is 1. The van der Waals surface area contributed by atoms with Crippen molar-refractivity contribution in [1.82, 2.24) is 4.98 Å². The number of carbonyl (C=O) groups excluding carboxylic acids is 1. The standard InChI is InChI=1S/C22H16FN3O3S2/c23-16-10-12-17(13-11-16)26(31(28)29)20-9-5-4-8-18(20)21(27)25-22-24-19(14-30-22)15-6-2-1-3-7-15/h1-14H,(H,28,29)(H,24,25,27)/p-1. The molecular weight excluding hydrogens is 437 g/mol. The Bertz CT molecular complexity index is 1230. The summed E-state index contributed by atoms with van der Waals surface area (Å²) < 4.78 is 38.2. The summed E-state index contributed by atoms with van der Waals surface area (Å²) >= 11 is -1.47. The van der Waals surface area contributed by atoms with Crippen LogP contribution in [0.2, 0.25) is 0 Å². The fourth-order valence-corrected chi connectivity index (χ4v) is 4.29. The first kappa shape index (κ1) is 20.9. The summed E-state index contributed by atoms with van der Waals surface area (Å²) in [6, 6.07) is 20.8. The predicted octanol–water partition coefficient (Wildman–Crippen LogP) is 5.13. The molecule has 0 bridgehead atoms. The van der Waals surface area contributed by atoms with Gasteiger partial charge in [0.2, 0.25) is 0 Å². The molecular formula is C22H15FN3O3S2-. The second kappa shape index (κ2) is 9.17. The third-order valence-electron chi connectivity index (χ3n) is 4.37. The number of carbonyl (C=O) groups is 1. The summed E-state index contributed by atoms with van der Waals surface area (Å²) in [5.74, 6) is -1.01. The number of aromatic nitrogens is 1. The number of hydrogen-bond acceptors (Lipinski definition) is 5. The molecule has 156 valence electrons. The van der Waals surface area contributed by atoms with Gasteiger partial charge in [0, 0.05) is 10.9 Å². The Hall–Kier alpha value is -3.40. The van der Waals surface area contributed by atoms with E-state index in [0.29, 0.717) is 5.13 Å². The highest BCUT2D eigenvalue weighted by Gasteiger charge is 2.20. The van der Waals surface area contributed by atoms with E-state index < -0.39 is 23.0 Å². The molecule has 1 heterocycles. The van der Waals surface area contributed by atoms with E-state index in [1.54, 1.807) is 12.1 Å². The van der Waals surface area contributed by atoms with E-state index in [2.05, 4.69) is 10.3 Å². The van der Waals surface area contributed by atoms with E-state index in [1.807, 2.05) is 35.7 Å². The van der Waals surface area contributed by atoms with Crippen LogP contribution in [0.3, 0.4) is 0 Å². The third-order valence-corrected chi connectivity index (χ3v) is 5.84. The van der Waals surface area contributed by atoms with Gasteiger partial charge in [0.05, 0.1) is 33.9 Å². The van der Waals surface area contributed by atoms with Crippen molar-refractivity contribution in [3.8, 4) is 11.3 Å². The van der Waals surface area contributed by atoms with Crippen LogP contribution >= 0.6 is 11.3 Å². The molecule has 0 saturated carbocycles. The van der Waals surface area contributed by atoms with Gasteiger partial charge in [-0.2, -0.15) is 0 Å². The van der Waals surface area contributed by atoms with Gasteiger partial charge < -0.3 is 4.55 Å². The van der Waals surface area contributed by atoms with Crippen molar-refractivity contribution in [3.63, 3.8) is 0 Å². The van der Waals surface area contributed by atoms with Crippen molar-refractivity contribution in [1.29, 1.82) is 0 Å². The van der Waals surface area contributed by atoms with Gasteiger partial charge in [0.25, 0.3) is 5.91 Å². The summed E-state index contributed by atoms with van der Waals surface area (Å²) in [6.07, 6.45) is 0. The van der Waals surface area contributed by atoms with Crippen molar-refractivity contribution in [2.45, 2.75) is 0 Å². The molecule has 6 nitrogen and oxygen atoms in total. The lowest BCUT2D eigenvalue weighted by Crippen LogP contribution is -2.23. The number of nitrogens with zero attached hydrogens (tertiary/aromatic N) is 2. The zero-order valence-corrected chi connectivity index (χ0v) is 17.5. The Morgan fingerprint density at radius 2 is 1.68 bits per heavy atom. The number of hydrogen-bond donors (Lipinski definition) is 1. The van der Waals surface area contributed by atoms with Crippen LogP contribution in [0.5, 0.6) is 0 Å². The molecule has 0 aliphatic rings. The highest BCUT2D eigenvalue weighted by Crippen LogP contribution is 2.31. The molecule has 0 saturated heterocycles. The molecule has 0 fully saturated rings. The van der Waals surface area contributed by atoms with Gasteiger partial charge in [-0.15, -0.1) is 11.3 Å². The van der Waals surface area contributed by atoms with E-state index >= 15 is 0 Å². The first-order chi connectivity index (χ1) is 15.0. The molecule has 0 spiro atoms. The molecule has 9 heteroatoms. The van der Waals surface area contributed by atoms with Crippen molar-refractivity contribution in [2.75, 3.05) is 9.62 Å². The number of amides is 1. The molecule has 0 aliphatic carbocycles. The van der Waals surface area contributed by atoms with Gasteiger partial charge in [0.1, 0.15) is 5.82 Å². The van der Waals surface area contributed by atoms with Crippen LogP contribution in [0.4, 0.5) is 20.9 Å². The average Bonchev–Trinajstić information content (AvgIpc) is 3.24. The molecule has 1 unspecified atom stereocenters. The van der Waals surface area contributed by atoms with E-state index in [4.69, 9.17) is 0 Å². The Labute approximate surface area is 184 Å². The minimum atomic E-state index is -2.74. The lowest BCUT2D eigenvalue weighted by Gasteiger charge is -2.28. The third kappa shape index (κ3) is 4.69. The summed E-state index contributed by atoms with van der Waals surface area (Å²) in [4.78, 5) is 17.4. The van der Waals surface area contributed by atoms with Gasteiger partial charge in [-0.25, -0.2) is 9.37 Å². The normalized spacial score (nSPS) is 11.7. The summed E-state index contributed by atoms with van der Waals surface area (Å²) in [7, 11) is 0. The molecule has 1 N–H and O–H groups in total. The first-order valence-electron chi connectivity index (χ1n) is 9.09. The van der Waals surface area contributed by atoms with Crippen molar-refractivity contribution in [2.24, 2.45) is 0 Å². The monoisotopic (exact) mass is 452 g/mol. The molecule has 1 aromatic heterocycles. The van der Waals surface area contributed by atoms with Gasteiger partial charge >= 0.3 is 0 Å². The highest BCUT2D eigenvalue weighted by atomic mass is 32.2. The number of rotatable bonds is 6. The molecule has 4 aromatic rings. The van der Waals surface area contributed by atoms with Gasteiger partial charge in [-0.3, -0.25) is 18.6 Å². The molecule has 31 heavy (non-hydrogen) atoms. The van der Waals surface area contributed by atoms with Crippen LogP contribution < -0.4 is 9.62 Å². The first-order valence-corrected chi connectivity index (χ1v) is 11.0. The minimum absolute atomic E-state index is 0.132. The van der Waals surface area contributed by atoms with Gasteiger partial charge in [0.15, 0.2) is 5.13 Å². The SMILES string of the molecule is O=C(Nc1nc(-c2ccccc2)cs1)c1ccccc1N(c1ccc(F)cc1)S(=O)[O-]. The molecule has 0 aliphatic heterocycles. The Morgan fingerprint density at radius 1 is 1.00 bits per heavy atom. The largest absolute Gasteiger partial charge is 0.755 e. The fraction of sp³-hybridized carbons (Fsp3) is 0. The predicted molar refractivity (Wildman–Crippen MR) is 119 cm³/mol. The van der Waals surface area contributed by atoms with Gasteiger partial charge in [-0.05, 0) is 36.4 Å².